The molecule has 0 aliphatic rings. The van der Waals surface area contributed by atoms with Crippen molar-refractivity contribution >= 4 is 21.8 Å². The first-order valence-corrected chi connectivity index (χ1v) is 6.56. The first kappa shape index (κ1) is 14.0. The van der Waals surface area contributed by atoms with Gasteiger partial charge in [0.15, 0.2) is 0 Å². The monoisotopic (exact) mass is 299 g/mol. The average Bonchev–Trinajstić information content (AvgIpc) is 2.29. The average molecular weight is 300 g/mol. The first-order valence-electron chi connectivity index (χ1n) is 5.76. The fourth-order valence-electron chi connectivity index (χ4n) is 1.88. The van der Waals surface area contributed by atoms with Crippen molar-refractivity contribution in [3.63, 3.8) is 0 Å². The standard InChI is InChI=1S/C13H18BrNO2/c1-4-10(5-2)15(3)13(17)11-7-6-9(14)8-12(11)16/h6-8,10,16H,4-5H2,1-3H3. The van der Waals surface area contributed by atoms with Crippen molar-refractivity contribution in [1.82, 2.24) is 4.90 Å². The van der Waals surface area contributed by atoms with Gasteiger partial charge in [0.25, 0.3) is 5.91 Å². The van der Waals surface area contributed by atoms with Gasteiger partial charge in [-0.3, -0.25) is 4.79 Å². The Morgan fingerprint density at radius 3 is 2.47 bits per heavy atom. The van der Waals surface area contributed by atoms with E-state index in [4.69, 9.17) is 0 Å². The van der Waals surface area contributed by atoms with Crippen LogP contribution in [0.2, 0.25) is 0 Å². The molecule has 1 rings (SSSR count). The molecular formula is C13H18BrNO2. The Morgan fingerprint density at radius 1 is 1.41 bits per heavy atom. The summed E-state index contributed by atoms with van der Waals surface area (Å²) in [5.74, 6) is -0.120. The molecule has 4 heteroatoms. The molecule has 94 valence electrons. The van der Waals surface area contributed by atoms with E-state index in [2.05, 4.69) is 29.8 Å². The molecule has 3 nitrogen and oxygen atoms in total. The summed E-state index contributed by atoms with van der Waals surface area (Å²) in [7, 11) is 1.78. The molecule has 0 fully saturated rings. The number of hydrogen-bond acceptors (Lipinski definition) is 2. The van der Waals surface area contributed by atoms with Crippen LogP contribution in [0.25, 0.3) is 0 Å². The van der Waals surface area contributed by atoms with Crippen LogP contribution in [0, 0.1) is 0 Å². The molecule has 1 N–H and O–H groups in total. The second-order valence-electron chi connectivity index (χ2n) is 4.05. The molecule has 1 aromatic carbocycles. The molecule has 0 aliphatic heterocycles. The quantitative estimate of drug-likeness (QED) is 0.925. The third-order valence-corrected chi connectivity index (χ3v) is 3.49. The van der Waals surface area contributed by atoms with Gasteiger partial charge in [0.2, 0.25) is 0 Å². The molecule has 0 heterocycles. The Balaban J connectivity index is 2.96. The highest BCUT2D eigenvalue weighted by Crippen LogP contribution is 2.24. The maximum atomic E-state index is 12.2. The zero-order valence-corrected chi connectivity index (χ0v) is 12.0. The van der Waals surface area contributed by atoms with Gasteiger partial charge < -0.3 is 10.0 Å². The summed E-state index contributed by atoms with van der Waals surface area (Å²) in [6.45, 7) is 4.11. The van der Waals surface area contributed by atoms with E-state index >= 15 is 0 Å². The third kappa shape index (κ3) is 3.22. The Bertz CT molecular complexity index is 402. The first-order chi connectivity index (χ1) is 8.01. The van der Waals surface area contributed by atoms with Crippen molar-refractivity contribution in [2.24, 2.45) is 0 Å². The van der Waals surface area contributed by atoms with Crippen molar-refractivity contribution in [2.45, 2.75) is 32.7 Å². The molecule has 0 atom stereocenters. The van der Waals surface area contributed by atoms with Crippen LogP contribution >= 0.6 is 15.9 Å². The fraction of sp³-hybridized carbons (Fsp3) is 0.462. The lowest BCUT2D eigenvalue weighted by molar-refractivity contribution is 0.0720. The minimum absolute atomic E-state index is 0.0159. The van der Waals surface area contributed by atoms with Crippen LogP contribution in [0.5, 0.6) is 5.75 Å². The molecule has 17 heavy (non-hydrogen) atoms. The van der Waals surface area contributed by atoms with Crippen molar-refractivity contribution in [2.75, 3.05) is 7.05 Å². The van der Waals surface area contributed by atoms with Gasteiger partial charge in [0.1, 0.15) is 5.75 Å². The number of hydrogen-bond donors (Lipinski definition) is 1. The number of amides is 1. The Kier molecular flexibility index (Phi) is 5.00. The number of rotatable bonds is 4. The number of phenols is 1. The second kappa shape index (κ2) is 6.05. The lowest BCUT2D eigenvalue weighted by atomic mass is 10.1. The van der Waals surface area contributed by atoms with E-state index in [1.807, 2.05) is 0 Å². The number of halogens is 1. The topological polar surface area (TPSA) is 40.5 Å². The molecule has 0 bridgehead atoms. The Labute approximate surface area is 111 Å². The predicted molar refractivity (Wildman–Crippen MR) is 72.3 cm³/mol. The van der Waals surface area contributed by atoms with Crippen LogP contribution in [0.3, 0.4) is 0 Å². The van der Waals surface area contributed by atoms with Crippen LogP contribution in [0.1, 0.15) is 37.0 Å². The van der Waals surface area contributed by atoms with Crippen molar-refractivity contribution in [3.8, 4) is 5.75 Å². The predicted octanol–water partition coefficient (Wildman–Crippen LogP) is 3.42. The van der Waals surface area contributed by atoms with Crippen molar-refractivity contribution < 1.29 is 9.90 Å². The molecule has 1 amide bonds. The lowest BCUT2D eigenvalue weighted by Crippen LogP contribution is -2.36. The minimum Gasteiger partial charge on any atom is -0.507 e. The Hall–Kier alpha value is -1.03. The van der Waals surface area contributed by atoms with Crippen LogP contribution < -0.4 is 0 Å². The molecule has 0 spiro atoms. The molecule has 0 aromatic heterocycles. The van der Waals surface area contributed by atoms with Gasteiger partial charge in [-0.25, -0.2) is 0 Å². The molecule has 1 aromatic rings. The van der Waals surface area contributed by atoms with Crippen LogP contribution in [-0.2, 0) is 0 Å². The second-order valence-corrected chi connectivity index (χ2v) is 4.96. The molecule has 0 saturated heterocycles. The molecular weight excluding hydrogens is 282 g/mol. The summed E-state index contributed by atoms with van der Waals surface area (Å²) in [4.78, 5) is 13.9. The van der Waals surface area contributed by atoms with Crippen LogP contribution in [0.4, 0.5) is 0 Å². The highest BCUT2D eigenvalue weighted by molar-refractivity contribution is 9.10. The maximum absolute atomic E-state index is 12.2. The van der Waals surface area contributed by atoms with Gasteiger partial charge in [-0.05, 0) is 31.0 Å². The number of carbonyl (C=O) groups excluding carboxylic acids is 1. The van der Waals surface area contributed by atoms with Crippen molar-refractivity contribution in [3.05, 3.63) is 28.2 Å². The van der Waals surface area contributed by atoms with E-state index in [0.29, 0.717) is 5.56 Å². The van der Waals surface area contributed by atoms with Crippen LogP contribution in [-0.4, -0.2) is 29.0 Å². The maximum Gasteiger partial charge on any atom is 0.257 e. The lowest BCUT2D eigenvalue weighted by Gasteiger charge is -2.26. The van der Waals surface area contributed by atoms with Crippen molar-refractivity contribution in [1.29, 1.82) is 0 Å². The SMILES string of the molecule is CCC(CC)N(C)C(=O)c1ccc(Br)cc1O. The summed E-state index contributed by atoms with van der Waals surface area (Å²) in [5, 5.41) is 9.76. The summed E-state index contributed by atoms with van der Waals surface area (Å²) >= 11 is 3.25. The van der Waals surface area contributed by atoms with Gasteiger partial charge in [-0.15, -0.1) is 0 Å². The van der Waals surface area contributed by atoms with Crippen LogP contribution in [0.15, 0.2) is 22.7 Å². The largest absolute Gasteiger partial charge is 0.507 e. The zero-order valence-electron chi connectivity index (χ0n) is 10.4. The van der Waals surface area contributed by atoms with E-state index in [-0.39, 0.29) is 17.7 Å². The van der Waals surface area contributed by atoms with E-state index in [1.165, 1.54) is 6.07 Å². The number of nitrogens with zero attached hydrogens (tertiary/aromatic N) is 1. The normalized spacial score (nSPS) is 10.6. The summed E-state index contributed by atoms with van der Waals surface area (Å²) in [6.07, 6.45) is 1.83. The Morgan fingerprint density at radius 2 is 2.00 bits per heavy atom. The van der Waals surface area contributed by atoms with E-state index in [0.717, 1.165) is 17.3 Å². The van der Waals surface area contributed by atoms with Gasteiger partial charge in [-0.2, -0.15) is 0 Å². The van der Waals surface area contributed by atoms with Gasteiger partial charge in [-0.1, -0.05) is 29.8 Å². The number of aromatic hydroxyl groups is 1. The highest BCUT2D eigenvalue weighted by atomic mass is 79.9. The smallest absolute Gasteiger partial charge is 0.257 e. The fourth-order valence-corrected chi connectivity index (χ4v) is 2.23. The van der Waals surface area contributed by atoms with Gasteiger partial charge in [0.05, 0.1) is 5.56 Å². The zero-order chi connectivity index (χ0) is 13.0. The summed E-state index contributed by atoms with van der Waals surface area (Å²) in [6, 6.07) is 5.15. The van der Waals surface area contributed by atoms with Gasteiger partial charge >= 0.3 is 0 Å². The summed E-state index contributed by atoms with van der Waals surface area (Å²) in [5.41, 5.74) is 0.350. The molecule has 0 saturated carbocycles. The van der Waals surface area contributed by atoms with Gasteiger partial charge in [0, 0.05) is 17.6 Å². The third-order valence-electron chi connectivity index (χ3n) is 3.00. The van der Waals surface area contributed by atoms with E-state index < -0.39 is 0 Å². The molecule has 0 aliphatic carbocycles. The van der Waals surface area contributed by atoms with E-state index in [1.54, 1.807) is 24.1 Å². The molecule has 0 radical (unpaired) electrons. The minimum atomic E-state index is -0.135. The number of benzene rings is 1. The summed E-state index contributed by atoms with van der Waals surface area (Å²) < 4.78 is 0.761. The number of carbonyl (C=O) groups is 1. The van der Waals surface area contributed by atoms with E-state index in [9.17, 15) is 9.90 Å². The number of phenolic OH excluding ortho intramolecular Hbond substituents is 1. The highest BCUT2D eigenvalue weighted by Gasteiger charge is 2.20. The molecule has 0 unspecified atom stereocenters.